The molecule has 0 bridgehead atoms. The van der Waals surface area contributed by atoms with E-state index in [0.717, 1.165) is 25.0 Å². The van der Waals surface area contributed by atoms with Gasteiger partial charge in [-0.25, -0.2) is 0 Å². The fraction of sp³-hybridized carbons (Fsp3) is 0.647. The van der Waals surface area contributed by atoms with Gasteiger partial charge in [-0.2, -0.15) is 0 Å². The summed E-state index contributed by atoms with van der Waals surface area (Å²) in [5.74, 6) is 1.10. The first kappa shape index (κ1) is 14.4. The van der Waals surface area contributed by atoms with Gasteiger partial charge in [-0.1, -0.05) is 39.3 Å². The van der Waals surface area contributed by atoms with E-state index >= 15 is 0 Å². The van der Waals surface area contributed by atoms with Gasteiger partial charge in [0, 0.05) is 0 Å². The number of benzene rings is 1. The number of rotatable bonds is 7. The van der Waals surface area contributed by atoms with Crippen LogP contribution in [0.3, 0.4) is 0 Å². The monoisotopic (exact) mass is 262 g/mol. The third-order valence-electron chi connectivity index (χ3n) is 3.83. The molecule has 19 heavy (non-hydrogen) atoms. The first-order valence-electron chi connectivity index (χ1n) is 7.62. The molecular formula is C17H26O2. The van der Waals surface area contributed by atoms with E-state index < -0.39 is 0 Å². The summed E-state index contributed by atoms with van der Waals surface area (Å²) in [5.41, 5.74) is 4.13. The van der Waals surface area contributed by atoms with Crippen LogP contribution in [-0.2, 0) is 24.0 Å². The molecule has 0 N–H and O–H groups in total. The summed E-state index contributed by atoms with van der Waals surface area (Å²) in [7, 11) is 0. The molecule has 2 atom stereocenters. The summed E-state index contributed by atoms with van der Waals surface area (Å²) in [6.07, 6.45) is 5.07. The second-order valence-electron chi connectivity index (χ2n) is 5.39. The maximum absolute atomic E-state index is 6.05. The lowest BCUT2D eigenvalue weighted by atomic mass is 9.98. The number of epoxide rings is 1. The van der Waals surface area contributed by atoms with Crippen molar-refractivity contribution < 1.29 is 9.47 Å². The summed E-state index contributed by atoms with van der Waals surface area (Å²) in [6.45, 7) is 9.42. The Morgan fingerprint density at radius 3 is 2.11 bits per heavy atom. The van der Waals surface area contributed by atoms with Crippen molar-refractivity contribution in [1.29, 1.82) is 0 Å². The molecule has 1 aromatic rings. The Hall–Kier alpha value is -1.02. The van der Waals surface area contributed by atoms with Gasteiger partial charge in [0.05, 0.1) is 6.10 Å². The van der Waals surface area contributed by atoms with Gasteiger partial charge in [-0.05, 0) is 42.9 Å². The molecule has 2 nitrogen and oxygen atoms in total. The summed E-state index contributed by atoms with van der Waals surface area (Å²) < 4.78 is 11.5. The Morgan fingerprint density at radius 2 is 1.68 bits per heavy atom. The molecular weight excluding hydrogens is 236 g/mol. The van der Waals surface area contributed by atoms with Gasteiger partial charge in [-0.3, -0.25) is 0 Å². The summed E-state index contributed by atoms with van der Waals surface area (Å²) >= 11 is 0. The lowest BCUT2D eigenvalue weighted by Gasteiger charge is -2.16. The Morgan fingerprint density at radius 1 is 1.11 bits per heavy atom. The van der Waals surface area contributed by atoms with Crippen LogP contribution in [-0.4, -0.2) is 18.8 Å². The minimum atomic E-state index is 0.296. The molecule has 0 spiro atoms. The van der Waals surface area contributed by atoms with Gasteiger partial charge in [0.2, 0.25) is 0 Å². The topological polar surface area (TPSA) is 21.8 Å². The van der Waals surface area contributed by atoms with E-state index in [1.165, 1.54) is 23.1 Å². The molecule has 0 saturated carbocycles. The van der Waals surface area contributed by atoms with E-state index in [1.54, 1.807) is 0 Å². The van der Waals surface area contributed by atoms with Crippen LogP contribution in [0, 0.1) is 0 Å². The average molecular weight is 262 g/mol. The quantitative estimate of drug-likeness (QED) is 0.694. The van der Waals surface area contributed by atoms with E-state index in [0.29, 0.717) is 18.8 Å². The largest absolute Gasteiger partial charge is 0.490 e. The fourth-order valence-electron chi connectivity index (χ4n) is 2.54. The zero-order valence-corrected chi connectivity index (χ0v) is 12.7. The fourth-order valence-corrected chi connectivity index (χ4v) is 2.54. The molecule has 0 amide bonds. The predicted octanol–water partition coefficient (Wildman–Crippen LogP) is 3.93. The molecule has 2 unspecified atom stereocenters. The maximum Gasteiger partial charge on any atom is 0.125 e. The zero-order chi connectivity index (χ0) is 13.8. The number of aryl methyl sites for hydroxylation is 3. The third kappa shape index (κ3) is 3.50. The minimum Gasteiger partial charge on any atom is -0.490 e. The second kappa shape index (κ2) is 6.42. The van der Waals surface area contributed by atoms with E-state index in [2.05, 4.69) is 39.8 Å². The molecule has 1 saturated heterocycles. The van der Waals surface area contributed by atoms with E-state index in [9.17, 15) is 0 Å². The number of hydrogen-bond acceptors (Lipinski definition) is 2. The normalized spacial score (nSPS) is 21.5. The minimum absolute atomic E-state index is 0.296. The van der Waals surface area contributed by atoms with Crippen molar-refractivity contribution in [3.8, 4) is 5.75 Å². The van der Waals surface area contributed by atoms with Crippen molar-refractivity contribution in [3.05, 3.63) is 28.8 Å². The highest BCUT2D eigenvalue weighted by molar-refractivity contribution is 5.45. The van der Waals surface area contributed by atoms with E-state index in [-0.39, 0.29) is 0 Å². The average Bonchev–Trinajstić information content (AvgIpc) is 3.12. The Kier molecular flexibility index (Phi) is 4.87. The zero-order valence-electron chi connectivity index (χ0n) is 12.7. The molecule has 1 aliphatic rings. The van der Waals surface area contributed by atoms with Crippen LogP contribution in [0.5, 0.6) is 5.75 Å². The van der Waals surface area contributed by atoms with Crippen LogP contribution in [0.4, 0.5) is 0 Å². The van der Waals surface area contributed by atoms with Gasteiger partial charge in [0.15, 0.2) is 0 Å². The van der Waals surface area contributed by atoms with Crippen LogP contribution in [0.1, 0.15) is 50.8 Å². The van der Waals surface area contributed by atoms with Gasteiger partial charge < -0.3 is 9.47 Å². The molecule has 1 aliphatic heterocycles. The highest BCUT2D eigenvalue weighted by Crippen LogP contribution is 2.30. The lowest BCUT2D eigenvalue weighted by molar-refractivity contribution is 0.257. The first-order valence-corrected chi connectivity index (χ1v) is 7.62. The van der Waals surface area contributed by atoms with Gasteiger partial charge in [-0.15, -0.1) is 0 Å². The summed E-state index contributed by atoms with van der Waals surface area (Å²) in [4.78, 5) is 0. The van der Waals surface area contributed by atoms with Crippen molar-refractivity contribution in [2.45, 2.75) is 65.6 Å². The molecule has 106 valence electrons. The molecule has 2 rings (SSSR count). The van der Waals surface area contributed by atoms with Crippen LogP contribution in [0.2, 0.25) is 0 Å². The highest BCUT2D eigenvalue weighted by atomic mass is 16.6. The Labute approximate surface area is 117 Å². The second-order valence-corrected chi connectivity index (χ2v) is 5.39. The molecule has 0 radical (unpaired) electrons. The number of ether oxygens (including phenoxy) is 2. The van der Waals surface area contributed by atoms with E-state index in [4.69, 9.17) is 9.47 Å². The predicted molar refractivity (Wildman–Crippen MR) is 79.0 cm³/mol. The number of hydrogen-bond donors (Lipinski definition) is 0. The third-order valence-corrected chi connectivity index (χ3v) is 3.83. The molecule has 0 aromatic heterocycles. The van der Waals surface area contributed by atoms with Crippen LogP contribution >= 0.6 is 0 Å². The first-order chi connectivity index (χ1) is 9.19. The SMILES string of the molecule is CCCc1cc(CC)c(OCC2OC2C)c(CC)c1. The van der Waals surface area contributed by atoms with Crippen LogP contribution in [0.25, 0.3) is 0 Å². The van der Waals surface area contributed by atoms with Crippen LogP contribution < -0.4 is 4.74 Å². The van der Waals surface area contributed by atoms with E-state index in [1.807, 2.05) is 0 Å². The molecule has 0 aliphatic carbocycles. The van der Waals surface area contributed by atoms with Crippen molar-refractivity contribution in [2.75, 3.05) is 6.61 Å². The van der Waals surface area contributed by atoms with Gasteiger partial charge >= 0.3 is 0 Å². The smallest absolute Gasteiger partial charge is 0.125 e. The van der Waals surface area contributed by atoms with Crippen molar-refractivity contribution in [2.24, 2.45) is 0 Å². The Bertz CT molecular complexity index is 400. The maximum atomic E-state index is 6.05. The summed E-state index contributed by atoms with van der Waals surface area (Å²) in [6, 6.07) is 4.63. The molecule has 1 aromatic carbocycles. The van der Waals surface area contributed by atoms with Gasteiger partial charge in [0.25, 0.3) is 0 Å². The molecule has 2 heteroatoms. The van der Waals surface area contributed by atoms with Crippen molar-refractivity contribution in [1.82, 2.24) is 0 Å². The molecule has 1 heterocycles. The Balaban J connectivity index is 2.18. The van der Waals surface area contributed by atoms with Crippen molar-refractivity contribution >= 4 is 0 Å². The standard InChI is InChI=1S/C17H26O2/c1-5-8-13-9-14(6-2)17(15(7-3)10-13)18-11-16-12(4)19-16/h9-10,12,16H,5-8,11H2,1-4H3. The van der Waals surface area contributed by atoms with Gasteiger partial charge in [0.1, 0.15) is 18.5 Å². The summed E-state index contributed by atoms with van der Waals surface area (Å²) in [5, 5.41) is 0. The van der Waals surface area contributed by atoms with Crippen molar-refractivity contribution in [3.63, 3.8) is 0 Å². The molecule has 1 fully saturated rings. The highest BCUT2D eigenvalue weighted by Gasteiger charge is 2.35. The lowest BCUT2D eigenvalue weighted by Crippen LogP contribution is -2.10. The van der Waals surface area contributed by atoms with Crippen LogP contribution in [0.15, 0.2) is 12.1 Å².